The molecule has 0 bridgehead atoms. The van der Waals surface area contributed by atoms with Crippen molar-refractivity contribution < 1.29 is 0 Å². The van der Waals surface area contributed by atoms with Crippen molar-refractivity contribution in [3.63, 3.8) is 0 Å². The fourth-order valence-corrected chi connectivity index (χ4v) is 1.99. The number of hydrogen-bond acceptors (Lipinski definition) is 3. The first kappa shape index (κ1) is 13.9. The lowest BCUT2D eigenvalue weighted by molar-refractivity contribution is 0.699. The first-order valence-electron chi connectivity index (χ1n) is 6.96. The van der Waals surface area contributed by atoms with Crippen LogP contribution in [0.5, 0.6) is 0 Å². The van der Waals surface area contributed by atoms with Crippen LogP contribution in [0.1, 0.15) is 70.6 Å². The molecule has 0 unspecified atom stereocenters. The minimum atomic E-state index is -0.0348. The molecule has 0 fully saturated rings. The predicted octanol–water partition coefficient (Wildman–Crippen LogP) is 4.48. The second-order valence-electron chi connectivity index (χ2n) is 6.42. The molecular formula is C16H23N3. The average Bonchev–Trinajstić information content (AvgIpc) is 2.47. The lowest BCUT2D eigenvalue weighted by Gasteiger charge is -2.14. The summed E-state index contributed by atoms with van der Waals surface area (Å²) in [6, 6.07) is 0. The predicted molar refractivity (Wildman–Crippen MR) is 81.2 cm³/mol. The van der Waals surface area contributed by atoms with Gasteiger partial charge in [0.2, 0.25) is 0 Å². The Morgan fingerprint density at radius 2 is 1.68 bits per heavy atom. The topological polar surface area (TPSA) is 38.1 Å². The third-order valence-electron chi connectivity index (χ3n) is 3.22. The van der Waals surface area contributed by atoms with E-state index in [1.165, 1.54) is 0 Å². The van der Waals surface area contributed by atoms with Gasteiger partial charge in [-0.25, -0.2) is 9.97 Å². The van der Waals surface area contributed by atoms with Crippen molar-refractivity contribution in [2.75, 3.05) is 0 Å². The van der Waals surface area contributed by atoms with Crippen LogP contribution in [-0.4, -0.2) is 16.2 Å². The molecule has 2 rings (SSSR count). The highest BCUT2D eigenvalue weighted by Crippen LogP contribution is 2.33. The quantitative estimate of drug-likeness (QED) is 0.783. The molecular weight excluding hydrogens is 234 g/mol. The average molecular weight is 257 g/mol. The number of rotatable bonds is 2. The van der Waals surface area contributed by atoms with Gasteiger partial charge in [-0.2, -0.15) is 0 Å². The lowest BCUT2D eigenvalue weighted by atomic mass is 9.95. The van der Waals surface area contributed by atoms with Crippen molar-refractivity contribution in [3.05, 3.63) is 23.3 Å². The van der Waals surface area contributed by atoms with Gasteiger partial charge in [0.25, 0.3) is 0 Å². The zero-order valence-electron chi connectivity index (χ0n) is 12.7. The van der Waals surface area contributed by atoms with Gasteiger partial charge >= 0.3 is 0 Å². The Hall–Kier alpha value is -1.51. The molecule has 0 spiro atoms. The van der Waals surface area contributed by atoms with Crippen LogP contribution in [0.3, 0.4) is 0 Å². The second-order valence-corrected chi connectivity index (χ2v) is 6.42. The first-order valence-corrected chi connectivity index (χ1v) is 6.96. The smallest absolute Gasteiger partial charge is 0.131 e. The van der Waals surface area contributed by atoms with E-state index in [-0.39, 0.29) is 5.41 Å². The van der Waals surface area contributed by atoms with E-state index in [4.69, 9.17) is 4.98 Å². The number of allylic oxidation sites excluding steroid dienone is 1. The van der Waals surface area contributed by atoms with Crippen LogP contribution >= 0.6 is 0 Å². The zero-order valence-corrected chi connectivity index (χ0v) is 12.7. The Balaban J connectivity index is 2.66. The third kappa shape index (κ3) is 2.91. The van der Waals surface area contributed by atoms with E-state index in [9.17, 15) is 0 Å². The molecule has 0 aromatic carbocycles. The van der Waals surface area contributed by atoms with Gasteiger partial charge in [-0.15, -0.1) is 0 Å². The molecule has 3 nitrogen and oxygen atoms in total. The van der Waals surface area contributed by atoms with Gasteiger partial charge in [-0.05, 0) is 12.0 Å². The Labute approximate surface area is 115 Å². The van der Waals surface area contributed by atoms with Gasteiger partial charge in [0, 0.05) is 17.5 Å². The molecule has 1 aliphatic rings. The summed E-state index contributed by atoms with van der Waals surface area (Å²) in [7, 11) is 0. The Morgan fingerprint density at radius 3 is 2.26 bits per heavy atom. The maximum absolute atomic E-state index is 4.72. The van der Waals surface area contributed by atoms with E-state index in [1.54, 1.807) is 0 Å². The van der Waals surface area contributed by atoms with Crippen LogP contribution in [0.4, 0.5) is 5.69 Å². The van der Waals surface area contributed by atoms with Gasteiger partial charge < -0.3 is 0 Å². The number of aromatic nitrogens is 2. The Morgan fingerprint density at radius 1 is 1.00 bits per heavy atom. The van der Waals surface area contributed by atoms with Gasteiger partial charge in [-0.1, -0.05) is 47.6 Å². The van der Waals surface area contributed by atoms with E-state index in [1.807, 2.05) is 6.21 Å². The van der Waals surface area contributed by atoms with E-state index < -0.39 is 0 Å². The summed E-state index contributed by atoms with van der Waals surface area (Å²) in [6.45, 7) is 12.8. The van der Waals surface area contributed by atoms with Crippen molar-refractivity contribution in [2.45, 2.75) is 53.4 Å². The molecule has 0 radical (unpaired) electrons. The summed E-state index contributed by atoms with van der Waals surface area (Å²) < 4.78 is 0. The molecule has 0 saturated heterocycles. The Bertz CT molecular complexity index is 537. The van der Waals surface area contributed by atoms with Crippen LogP contribution in [0, 0.1) is 5.41 Å². The van der Waals surface area contributed by atoms with E-state index >= 15 is 0 Å². The van der Waals surface area contributed by atoms with Gasteiger partial charge in [0.1, 0.15) is 11.5 Å². The molecule has 3 heteroatoms. The standard InChI is InChI=1S/C16H23N3/c1-10(2)13-14-12(18-15(19-13)11(3)4)7-8-16(5,6)9-17-14/h7-11H,1-6H3. The van der Waals surface area contributed by atoms with Crippen LogP contribution in [0.25, 0.3) is 6.08 Å². The number of nitrogens with zero attached hydrogens (tertiary/aromatic N) is 3. The fraction of sp³-hybridized carbons (Fsp3) is 0.562. The highest BCUT2D eigenvalue weighted by molar-refractivity contribution is 5.79. The van der Waals surface area contributed by atoms with Crippen molar-refractivity contribution in [1.82, 2.24) is 9.97 Å². The molecule has 1 aromatic rings. The summed E-state index contributed by atoms with van der Waals surface area (Å²) in [5.41, 5.74) is 2.89. The molecule has 0 atom stereocenters. The number of fused-ring (bicyclic) bond motifs is 1. The summed E-state index contributed by atoms with van der Waals surface area (Å²) in [4.78, 5) is 14.0. The minimum Gasteiger partial charge on any atom is -0.256 e. The molecule has 0 saturated carbocycles. The maximum atomic E-state index is 4.72. The third-order valence-corrected chi connectivity index (χ3v) is 3.22. The van der Waals surface area contributed by atoms with Gasteiger partial charge in [0.15, 0.2) is 0 Å². The van der Waals surface area contributed by atoms with Crippen LogP contribution in [-0.2, 0) is 0 Å². The molecule has 2 heterocycles. The largest absolute Gasteiger partial charge is 0.256 e. The molecule has 1 aliphatic heterocycles. The minimum absolute atomic E-state index is 0.0348. The first-order chi connectivity index (χ1) is 8.80. The van der Waals surface area contributed by atoms with Crippen LogP contribution < -0.4 is 0 Å². The van der Waals surface area contributed by atoms with E-state index in [2.05, 4.69) is 63.7 Å². The lowest BCUT2D eigenvalue weighted by Crippen LogP contribution is -2.07. The number of hydrogen-bond donors (Lipinski definition) is 0. The van der Waals surface area contributed by atoms with Crippen LogP contribution in [0.15, 0.2) is 11.1 Å². The SMILES string of the molecule is CC(C)c1nc2c(c(C(C)C)n1)N=CC(C)(C)C=C2. The molecule has 102 valence electrons. The Kier molecular flexibility index (Phi) is 3.57. The highest BCUT2D eigenvalue weighted by atomic mass is 15.0. The fourth-order valence-electron chi connectivity index (χ4n) is 1.99. The monoisotopic (exact) mass is 257 g/mol. The maximum Gasteiger partial charge on any atom is 0.131 e. The molecule has 0 N–H and O–H groups in total. The highest BCUT2D eigenvalue weighted by Gasteiger charge is 2.20. The van der Waals surface area contributed by atoms with E-state index in [0.29, 0.717) is 11.8 Å². The normalized spacial score (nSPS) is 16.8. The van der Waals surface area contributed by atoms with Gasteiger partial charge in [0.05, 0.1) is 11.4 Å². The second kappa shape index (κ2) is 4.87. The molecule has 19 heavy (non-hydrogen) atoms. The van der Waals surface area contributed by atoms with Crippen LogP contribution in [0.2, 0.25) is 0 Å². The summed E-state index contributed by atoms with van der Waals surface area (Å²) in [5.74, 6) is 1.58. The van der Waals surface area contributed by atoms with Crippen molar-refractivity contribution in [2.24, 2.45) is 10.4 Å². The van der Waals surface area contributed by atoms with Crippen molar-refractivity contribution in [3.8, 4) is 0 Å². The van der Waals surface area contributed by atoms with Gasteiger partial charge in [-0.3, -0.25) is 4.99 Å². The molecule has 0 amide bonds. The van der Waals surface area contributed by atoms with Crippen molar-refractivity contribution in [1.29, 1.82) is 0 Å². The van der Waals surface area contributed by atoms with Crippen molar-refractivity contribution >= 4 is 18.0 Å². The summed E-state index contributed by atoms with van der Waals surface area (Å²) >= 11 is 0. The summed E-state index contributed by atoms with van der Waals surface area (Å²) in [6.07, 6.45) is 6.23. The van der Waals surface area contributed by atoms with E-state index in [0.717, 1.165) is 22.9 Å². The zero-order chi connectivity index (χ0) is 14.2. The molecule has 0 aliphatic carbocycles. The number of aliphatic imine (C=N–C) groups is 1. The summed E-state index contributed by atoms with van der Waals surface area (Å²) in [5, 5.41) is 0. The molecule has 1 aromatic heterocycles.